The van der Waals surface area contributed by atoms with Gasteiger partial charge in [0.25, 0.3) is 0 Å². The van der Waals surface area contributed by atoms with Crippen LogP contribution < -0.4 is 5.73 Å². The molecule has 0 radical (unpaired) electrons. The molecule has 0 amide bonds. The minimum absolute atomic E-state index is 0.0753. The van der Waals surface area contributed by atoms with Crippen molar-refractivity contribution in [1.82, 2.24) is 5.16 Å². The molecule has 1 heterocycles. The van der Waals surface area contributed by atoms with Crippen LogP contribution in [-0.4, -0.2) is 5.16 Å². The third-order valence-electron chi connectivity index (χ3n) is 1.84. The molecule has 0 spiro atoms. The molecule has 1 aromatic carbocycles. The monoisotopic (exact) mass is 162 g/mol. The van der Waals surface area contributed by atoms with Gasteiger partial charge in [-0.1, -0.05) is 17.3 Å². The average Bonchev–Trinajstić information content (AvgIpc) is 2.47. The van der Waals surface area contributed by atoms with Gasteiger partial charge in [0, 0.05) is 11.4 Å². The van der Waals surface area contributed by atoms with E-state index in [2.05, 4.69) is 5.16 Å². The van der Waals surface area contributed by atoms with Crippen molar-refractivity contribution in [3.8, 4) is 0 Å². The SMILES string of the molecule is CC(N)c1noc2ccccc12. The van der Waals surface area contributed by atoms with E-state index < -0.39 is 0 Å². The van der Waals surface area contributed by atoms with Crippen LogP contribution in [0, 0.1) is 0 Å². The molecule has 1 aromatic heterocycles. The summed E-state index contributed by atoms with van der Waals surface area (Å²) in [7, 11) is 0. The summed E-state index contributed by atoms with van der Waals surface area (Å²) in [5, 5.41) is 4.90. The molecule has 0 bridgehead atoms. The maximum atomic E-state index is 5.70. The fourth-order valence-corrected chi connectivity index (χ4v) is 1.23. The predicted octanol–water partition coefficient (Wildman–Crippen LogP) is 1.85. The van der Waals surface area contributed by atoms with Crippen molar-refractivity contribution in [3.63, 3.8) is 0 Å². The van der Waals surface area contributed by atoms with Crippen molar-refractivity contribution in [3.05, 3.63) is 30.0 Å². The number of nitrogens with zero attached hydrogens (tertiary/aromatic N) is 1. The Kier molecular flexibility index (Phi) is 1.59. The Bertz CT molecular complexity index is 392. The molecule has 0 saturated carbocycles. The lowest BCUT2D eigenvalue weighted by Gasteiger charge is -1.97. The maximum Gasteiger partial charge on any atom is 0.167 e. The van der Waals surface area contributed by atoms with E-state index in [1.807, 2.05) is 31.2 Å². The summed E-state index contributed by atoms with van der Waals surface area (Å²) in [4.78, 5) is 0. The zero-order valence-corrected chi connectivity index (χ0v) is 6.82. The van der Waals surface area contributed by atoms with E-state index in [0.717, 1.165) is 16.7 Å². The van der Waals surface area contributed by atoms with Gasteiger partial charge >= 0.3 is 0 Å². The number of aromatic nitrogens is 1. The molecule has 12 heavy (non-hydrogen) atoms. The molecular weight excluding hydrogens is 152 g/mol. The van der Waals surface area contributed by atoms with Crippen LogP contribution in [0.3, 0.4) is 0 Å². The third kappa shape index (κ3) is 0.987. The minimum atomic E-state index is -0.0753. The van der Waals surface area contributed by atoms with Crippen LogP contribution in [-0.2, 0) is 0 Å². The second-order valence-corrected chi connectivity index (χ2v) is 2.85. The van der Waals surface area contributed by atoms with Crippen LogP contribution >= 0.6 is 0 Å². The highest BCUT2D eigenvalue weighted by Crippen LogP contribution is 2.21. The highest BCUT2D eigenvalue weighted by Gasteiger charge is 2.09. The van der Waals surface area contributed by atoms with Crippen LogP contribution in [0.25, 0.3) is 11.0 Å². The van der Waals surface area contributed by atoms with Gasteiger partial charge in [0.1, 0.15) is 5.69 Å². The van der Waals surface area contributed by atoms with Crippen LogP contribution in [0.2, 0.25) is 0 Å². The second-order valence-electron chi connectivity index (χ2n) is 2.85. The van der Waals surface area contributed by atoms with Crippen LogP contribution in [0.15, 0.2) is 28.8 Å². The number of hydrogen-bond acceptors (Lipinski definition) is 3. The van der Waals surface area contributed by atoms with Gasteiger partial charge < -0.3 is 10.3 Å². The number of rotatable bonds is 1. The summed E-state index contributed by atoms with van der Waals surface area (Å²) in [5.74, 6) is 0. The molecule has 3 heteroatoms. The Labute approximate surface area is 70.1 Å². The smallest absolute Gasteiger partial charge is 0.167 e. The van der Waals surface area contributed by atoms with E-state index in [1.54, 1.807) is 0 Å². The average molecular weight is 162 g/mol. The quantitative estimate of drug-likeness (QED) is 0.696. The molecule has 1 unspecified atom stereocenters. The lowest BCUT2D eigenvalue weighted by Crippen LogP contribution is -2.05. The topological polar surface area (TPSA) is 52.0 Å². The van der Waals surface area contributed by atoms with E-state index in [0.29, 0.717) is 0 Å². The van der Waals surface area contributed by atoms with Crippen molar-refractivity contribution in [2.75, 3.05) is 0 Å². The number of fused-ring (bicyclic) bond motifs is 1. The standard InChI is InChI=1S/C9H10N2O/c1-6(10)9-7-4-2-3-5-8(7)12-11-9/h2-6H,10H2,1H3. The lowest BCUT2D eigenvalue weighted by atomic mass is 10.1. The van der Waals surface area contributed by atoms with E-state index >= 15 is 0 Å². The first-order valence-electron chi connectivity index (χ1n) is 3.89. The molecule has 2 N–H and O–H groups in total. The van der Waals surface area contributed by atoms with Gasteiger partial charge in [-0.3, -0.25) is 0 Å². The molecule has 0 saturated heterocycles. The second kappa shape index (κ2) is 2.60. The highest BCUT2D eigenvalue weighted by atomic mass is 16.5. The van der Waals surface area contributed by atoms with Crippen LogP contribution in [0.4, 0.5) is 0 Å². The largest absolute Gasteiger partial charge is 0.356 e. The molecular formula is C9H10N2O. The van der Waals surface area contributed by atoms with Crippen molar-refractivity contribution < 1.29 is 4.52 Å². The number of nitrogens with two attached hydrogens (primary N) is 1. The number of para-hydroxylation sites is 1. The minimum Gasteiger partial charge on any atom is -0.356 e. The zero-order chi connectivity index (χ0) is 8.55. The fourth-order valence-electron chi connectivity index (χ4n) is 1.23. The molecule has 2 aromatic rings. The summed E-state index contributed by atoms with van der Waals surface area (Å²) in [5.41, 5.74) is 7.32. The Morgan fingerprint density at radius 2 is 2.17 bits per heavy atom. The first-order chi connectivity index (χ1) is 5.79. The first kappa shape index (κ1) is 7.31. The highest BCUT2D eigenvalue weighted by molar-refractivity contribution is 5.79. The predicted molar refractivity (Wildman–Crippen MR) is 46.6 cm³/mol. The molecule has 0 aliphatic rings. The van der Waals surface area contributed by atoms with Crippen molar-refractivity contribution in [1.29, 1.82) is 0 Å². The lowest BCUT2D eigenvalue weighted by molar-refractivity contribution is 0.440. The number of benzene rings is 1. The van der Waals surface area contributed by atoms with Gasteiger partial charge in [0.15, 0.2) is 5.58 Å². The van der Waals surface area contributed by atoms with Gasteiger partial charge in [-0.15, -0.1) is 0 Å². The van der Waals surface area contributed by atoms with Gasteiger partial charge in [-0.05, 0) is 19.1 Å². The zero-order valence-electron chi connectivity index (χ0n) is 6.82. The Morgan fingerprint density at radius 3 is 2.92 bits per heavy atom. The summed E-state index contributed by atoms with van der Waals surface area (Å²) in [6.07, 6.45) is 0. The van der Waals surface area contributed by atoms with Crippen LogP contribution in [0.5, 0.6) is 0 Å². The van der Waals surface area contributed by atoms with Gasteiger partial charge in [0.2, 0.25) is 0 Å². The maximum absolute atomic E-state index is 5.70. The first-order valence-corrected chi connectivity index (χ1v) is 3.89. The normalized spacial score (nSPS) is 13.5. The molecule has 2 rings (SSSR count). The summed E-state index contributed by atoms with van der Waals surface area (Å²) < 4.78 is 5.08. The molecule has 3 nitrogen and oxygen atoms in total. The molecule has 1 atom stereocenters. The third-order valence-corrected chi connectivity index (χ3v) is 1.84. The molecule has 0 fully saturated rings. The van der Waals surface area contributed by atoms with E-state index in [4.69, 9.17) is 10.3 Å². The van der Waals surface area contributed by atoms with Crippen LogP contribution in [0.1, 0.15) is 18.7 Å². The molecule has 0 aliphatic heterocycles. The summed E-state index contributed by atoms with van der Waals surface area (Å²) >= 11 is 0. The van der Waals surface area contributed by atoms with Crippen molar-refractivity contribution in [2.45, 2.75) is 13.0 Å². The number of hydrogen-bond donors (Lipinski definition) is 1. The van der Waals surface area contributed by atoms with Crippen molar-refractivity contribution >= 4 is 11.0 Å². The van der Waals surface area contributed by atoms with E-state index in [-0.39, 0.29) is 6.04 Å². The Hall–Kier alpha value is -1.35. The van der Waals surface area contributed by atoms with Gasteiger partial charge in [-0.25, -0.2) is 0 Å². The fraction of sp³-hybridized carbons (Fsp3) is 0.222. The molecule has 62 valence electrons. The van der Waals surface area contributed by atoms with E-state index in [9.17, 15) is 0 Å². The van der Waals surface area contributed by atoms with Gasteiger partial charge in [0.05, 0.1) is 0 Å². The Morgan fingerprint density at radius 1 is 1.42 bits per heavy atom. The van der Waals surface area contributed by atoms with E-state index in [1.165, 1.54) is 0 Å². The molecule has 0 aliphatic carbocycles. The summed E-state index contributed by atoms with van der Waals surface area (Å²) in [6.45, 7) is 1.89. The summed E-state index contributed by atoms with van der Waals surface area (Å²) in [6, 6.07) is 7.64. The Balaban J connectivity index is 2.70. The van der Waals surface area contributed by atoms with Gasteiger partial charge in [-0.2, -0.15) is 0 Å². The van der Waals surface area contributed by atoms with Crippen molar-refractivity contribution in [2.24, 2.45) is 5.73 Å².